The Morgan fingerprint density at radius 3 is 2.42 bits per heavy atom. The molecule has 4 aromatic rings. The van der Waals surface area contributed by atoms with Gasteiger partial charge in [-0.15, -0.1) is 10.2 Å². The van der Waals surface area contributed by atoms with Gasteiger partial charge in [-0.25, -0.2) is 18.1 Å². The van der Waals surface area contributed by atoms with E-state index in [9.17, 15) is 8.42 Å². The van der Waals surface area contributed by atoms with Crippen molar-refractivity contribution in [3.63, 3.8) is 0 Å². The standard InChI is InChI=1S/C28H33N7O2S/c1-19-6-4-7-20(2)26(19)22-16-21(3)27-25(17-22)33-34-28(32-27)31-23-8-5-9-24(18-23)38(36,37)30-12-15-35-13-10-29-11-14-35/h4-9,16-18,29-30H,10-15H2,1-3H3,(H,31,32,34). The molecule has 9 nitrogen and oxygen atoms in total. The Morgan fingerprint density at radius 2 is 1.66 bits per heavy atom. The van der Waals surface area contributed by atoms with Gasteiger partial charge in [0.2, 0.25) is 16.0 Å². The van der Waals surface area contributed by atoms with E-state index in [1.165, 1.54) is 16.7 Å². The molecule has 0 aliphatic carbocycles. The van der Waals surface area contributed by atoms with Gasteiger partial charge in [-0.2, -0.15) is 0 Å². The summed E-state index contributed by atoms with van der Waals surface area (Å²) >= 11 is 0. The minimum atomic E-state index is -3.64. The van der Waals surface area contributed by atoms with Crippen molar-refractivity contribution in [1.82, 2.24) is 30.1 Å². The van der Waals surface area contributed by atoms with Gasteiger partial charge in [-0.05, 0) is 78.9 Å². The van der Waals surface area contributed by atoms with Gasteiger partial charge < -0.3 is 10.6 Å². The summed E-state index contributed by atoms with van der Waals surface area (Å²) in [4.78, 5) is 7.11. The van der Waals surface area contributed by atoms with Crippen molar-refractivity contribution in [2.24, 2.45) is 0 Å². The summed E-state index contributed by atoms with van der Waals surface area (Å²) in [7, 11) is -3.64. The SMILES string of the molecule is Cc1cccc(C)c1-c1cc(C)c2nc(Nc3cccc(S(=O)(=O)NCCN4CCNCC4)c3)nnc2c1. The summed E-state index contributed by atoms with van der Waals surface area (Å²) in [6, 6.07) is 17.0. The first-order valence-electron chi connectivity index (χ1n) is 12.8. The van der Waals surface area contributed by atoms with Crippen molar-refractivity contribution in [3.05, 3.63) is 71.3 Å². The van der Waals surface area contributed by atoms with E-state index in [-0.39, 0.29) is 4.90 Å². The first-order chi connectivity index (χ1) is 18.3. The van der Waals surface area contributed by atoms with Crippen LogP contribution < -0.4 is 15.4 Å². The van der Waals surface area contributed by atoms with Crippen LogP contribution in [-0.2, 0) is 10.0 Å². The predicted molar refractivity (Wildman–Crippen MR) is 151 cm³/mol. The summed E-state index contributed by atoms with van der Waals surface area (Å²) < 4.78 is 28.5. The van der Waals surface area contributed by atoms with Crippen molar-refractivity contribution in [2.45, 2.75) is 25.7 Å². The number of hydrogen-bond acceptors (Lipinski definition) is 8. The third-order valence-electron chi connectivity index (χ3n) is 6.85. The number of sulfonamides is 1. The smallest absolute Gasteiger partial charge is 0.247 e. The average Bonchev–Trinajstić information content (AvgIpc) is 2.90. The quantitative estimate of drug-likeness (QED) is 0.317. The third kappa shape index (κ3) is 5.83. The molecule has 1 fully saturated rings. The predicted octanol–water partition coefficient (Wildman–Crippen LogP) is 3.54. The lowest BCUT2D eigenvalue weighted by Crippen LogP contribution is -2.46. The molecule has 3 N–H and O–H groups in total. The fourth-order valence-corrected chi connectivity index (χ4v) is 5.97. The van der Waals surface area contributed by atoms with Gasteiger partial charge in [-0.3, -0.25) is 4.90 Å². The molecule has 2 heterocycles. The molecule has 198 valence electrons. The van der Waals surface area contributed by atoms with Crippen LogP contribution in [0.3, 0.4) is 0 Å². The fraction of sp³-hybridized carbons (Fsp3) is 0.321. The fourth-order valence-electron chi connectivity index (χ4n) is 4.91. The lowest BCUT2D eigenvalue weighted by molar-refractivity contribution is 0.245. The van der Waals surface area contributed by atoms with Crippen molar-refractivity contribution in [1.29, 1.82) is 0 Å². The molecule has 1 aromatic heterocycles. The Kier molecular flexibility index (Phi) is 7.66. The summed E-state index contributed by atoms with van der Waals surface area (Å²) in [5, 5.41) is 15.1. The van der Waals surface area contributed by atoms with Gasteiger partial charge in [0.15, 0.2) is 0 Å². The number of piperazine rings is 1. The molecule has 38 heavy (non-hydrogen) atoms. The molecule has 0 bridgehead atoms. The number of rotatable bonds is 8. The van der Waals surface area contributed by atoms with Gasteiger partial charge in [0.25, 0.3) is 0 Å². The van der Waals surface area contributed by atoms with Gasteiger partial charge >= 0.3 is 0 Å². The normalized spacial score (nSPS) is 14.6. The topological polar surface area (TPSA) is 112 Å². The summed E-state index contributed by atoms with van der Waals surface area (Å²) in [6.45, 7) is 11.0. The second-order valence-electron chi connectivity index (χ2n) is 9.71. The Hall–Kier alpha value is -3.44. The van der Waals surface area contributed by atoms with E-state index in [4.69, 9.17) is 0 Å². The van der Waals surface area contributed by atoms with Crippen molar-refractivity contribution in [3.8, 4) is 11.1 Å². The zero-order valence-corrected chi connectivity index (χ0v) is 22.8. The maximum atomic E-state index is 12.9. The number of anilines is 2. The molecule has 0 radical (unpaired) electrons. The summed E-state index contributed by atoms with van der Waals surface area (Å²) in [5.41, 5.74) is 7.70. The van der Waals surface area contributed by atoms with E-state index < -0.39 is 10.0 Å². The van der Waals surface area contributed by atoms with E-state index in [0.717, 1.165) is 42.8 Å². The first-order valence-corrected chi connectivity index (χ1v) is 14.3. The molecule has 3 aromatic carbocycles. The van der Waals surface area contributed by atoms with Crippen LogP contribution in [0.1, 0.15) is 16.7 Å². The molecule has 0 unspecified atom stereocenters. The average molecular weight is 532 g/mol. The molecule has 0 saturated carbocycles. The maximum Gasteiger partial charge on any atom is 0.247 e. The van der Waals surface area contributed by atoms with E-state index in [2.05, 4.69) is 73.5 Å². The van der Waals surface area contributed by atoms with Crippen LogP contribution in [0.5, 0.6) is 0 Å². The van der Waals surface area contributed by atoms with Crippen LogP contribution in [0, 0.1) is 20.8 Å². The number of aryl methyl sites for hydroxylation is 3. The lowest BCUT2D eigenvalue weighted by atomic mass is 9.94. The molecular formula is C28H33N7O2S. The van der Waals surface area contributed by atoms with Crippen molar-refractivity contribution in [2.75, 3.05) is 44.6 Å². The number of benzene rings is 3. The number of fused-ring (bicyclic) bond motifs is 1. The highest BCUT2D eigenvalue weighted by Gasteiger charge is 2.17. The van der Waals surface area contributed by atoms with Gasteiger partial charge in [0.05, 0.1) is 10.4 Å². The molecule has 10 heteroatoms. The Labute approximate surface area is 223 Å². The highest BCUT2D eigenvalue weighted by molar-refractivity contribution is 7.89. The molecule has 0 amide bonds. The zero-order valence-electron chi connectivity index (χ0n) is 22.0. The Bertz CT molecular complexity index is 1550. The molecule has 1 saturated heterocycles. The van der Waals surface area contributed by atoms with Crippen molar-refractivity contribution < 1.29 is 8.42 Å². The highest BCUT2D eigenvalue weighted by Crippen LogP contribution is 2.31. The molecular weight excluding hydrogens is 498 g/mol. The van der Waals surface area contributed by atoms with Crippen molar-refractivity contribution >= 4 is 32.7 Å². The van der Waals surface area contributed by atoms with Crippen LogP contribution >= 0.6 is 0 Å². The maximum absolute atomic E-state index is 12.9. The monoisotopic (exact) mass is 531 g/mol. The summed E-state index contributed by atoms with van der Waals surface area (Å²) in [6.07, 6.45) is 0. The van der Waals surface area contributed by atoms with Gasteiger partial charge in [0, 0.05) is 45.0 Å². The van der Waals surface area contributed by atoms with Gasteiger partial charge in [-0.1, -0.05) is 24.3 Å². The van der Waals surface area contributed by atoms with E-state index in [1.807, 2.05) is 13.0 Å². The van der Waals surface area contributed by atoms with Crippen LogP contribution in [0.4, 0.5) is 11.6 Å². The second kappa shape index (κ2) is 11.1. The van der Waals surface area contributed by atoms with Crippen LogP contribution in [-0.4, -0.2) is 67.8 Å². The lowest BCUT2D eigenvalue weighted by Gasteiger charge is -2.27. The Balaban J connectivity index is 1.32. The van der Waals surface area contributed by atoms with Crippen LogP contribution in [0.2, 0.25) is 0 Å². The molecule has 0 spiro atoms. The molecule has 0 atom stereocenters. The number of nitrogens with zero attached hydrogens (tertiary/aromatic N) is 4. The number of nitrogens with one attached hydrogen (secondary N) is 3. The minimum Gasteiger partial charge on any atom is -0.323 e. The van der Waals surface area contributed by atoms with Gasteiger partial charge in [0.1, 0.15) is 5.52 Å². The largest absolute Gasteiger partial charge is 0.323 e. The zero-order chi connectivity index (χ0) is 26.7. The van der Waals surface area contributed by atoms with E-state index in [1.54, 1.807) is 24.3 Å². The first kappa shape index (κ1) is 26.2. The highest BCUT2D eigenvalue weighted by atomic mass is 32.2. The minimum absolute atomic E-state index is 0.186. The number of hydrogen-bond donors (Lipinski definition) is 3. The second-order valence-corrected chi connectivity index (χ2v) is 11.5. The van der Waals surface area contributed by atoms with E-state index >= 15 is 0 Å². The molecule has 5 rings (SSSR count). The van der Waals surface area contributed by atoms with E-state index in [0.29, 0.717) is 30.2 Å². The third-order valence-corrected chi connectivity index (χ3v) is 8.31. The van der Waals surface area contributed by atoms with Crippen LogP contribution in [0.15, 0.2) is 59.5 Å². The number of aromatic nitrogens is 3. The molecule has 1 aliphatic heterocycles. The van der Waals surface area contributed by atoms with Crippen LogP contribution in [0.25, 0.3) is 22.2 Å². The summed E-state index contributed by atoms with van der Waals surface area (Å²) in [5.74, 6) is 0.307. The molecule has 1 aliphatic rings. The Morgan fingerprint density at radius 1 is 0.921 bits per heavy atom.